The molecule has 0 saturated heterocycles. The molecule has 2 heterocycles. The lowest BCUT2D eigenvalue weighted by Gasteiger charge is -2.28. The number of esters is 1. The molecule has 2 aromatic heterocycles. The van der Waals surface area contributed by atoms with Crippen molar-refractivity contribution in [2.24, 2.45) is 11.8 Å². The van der Waals surface area contributed by atoms with Gasteiger partial charge in [0.05, 0.1) is 17.6 Å². The van der Waals surface area contributed by atoms with Gasteiger partial charge in [-0.2, -0.15) is 0 Å². The summed E-state index contributed by atoms with van der Waals surface area (Å²) in [6.07, 6.45) is 6.89. The average molecular weight is 618 g/mol. The van der Waals surface area contributed by atoms with E-state index in [9.17, 15) is 22.8 Å². The molecule has 2 aliphatic carbocycles. The Hall–Kier alpha value is -3.64. The van der Waals surface area contributed by atoms with E-state index in [2.05, 4.69) is 39.3 Å². The number of allylic oxidation sites excluding steroid dienone is 1. The zero-order valence-electron chi connectivity index (χ0n) is 23.9. The van der Waals surface area contributed by atoms with E-state index in [-0.39, 0.29) is 24.0 Å². The summed E-state index contributed by atoms with van der Waals surface area (Å²) in [5.41, 5.74) is 2.57. The highest BCUT2D eigenvalue weighted by atomic mass is 32.1. The number of hydrogen-bond acceptors (Lipinski definition) is 7. The number of thiazole rings is 1. The van der Waals surface area contributed by atoms with Crippen molar-refractivity contribution >= 4 is 28.2 Å². The number of halogens is 3. The molecule has 1 saturated carbocycles. The van der Waals surface area contributed by atoms with E-state index in [1.807, 2.05) is 13.1 Å². The molecule has 2 unspecified atom stereocenters. The normalized spacial score (nSPS) is 22.3. The second kappa shape index (κ2) is 13.3. The van der Waals surface area contributed by atoms with E-state index < -0.39 is 24.3 Å². The van der Waals surface area contributed by atoms with Crippen LogP contribution in [0.4, 0.5) is 13.2 Å². The number of ether oxygens (including phenoxy) is 3. The van der Waals surface area contributed by atoms with E-state index in [1.54, 1.807) is 10.6 Å². The van der Waals surface area contributed by atoms with Crippen LogP contribution in [0.2, 0.25) is 0 Å². The number of nitrogens with zero attached hydrogens (tertiary/aromatic N) is 2. The molecule has 5 rings (SSSR count). The molecule has 8 nitrogen and oxygen atoms in total. The highest BCUT2D eigenvalue weighted by Crippen LogP contribution is 2.38. The molecular weight excluding hydrogens is 583 g/mol. The maximum absolute atomic E-state index is 12.8. The van der Waals surface area contributed by atoms with Crippen molar-refractivity contribution in [3.8, 4) is 10.4 Å². The maximum Gasteiger partial charge on any atom is 0.573 e. The van der Waals surface area contributed by atoms with Crippen molar-refractivity contribution in [2.75, 3.05) is 20.3 Å². The number of aromatic nitrogens is 2. The van der Waals surface area contributed by atoms with E-state index in [4.69, 9.17) is 9.47 Å². The van der Waals surface area contributed by atoms with Gasteiger partial charge in [0, 0.05) is 38.4 Å². The highest BCUT2D eigenvalue weighted by molar-refractivity contribution is 7.20. The maximum atomic E-state index is 12.8. The molecule has 0 radical (unpaired) electrons. The zero-order valence-corrected chi connectivity index (χ0v) is 24.7. The third-order valence-corrected chi connectivity index (χ3v) is 8.96. The first-order chi connectivity index (χ1) is 20.6. The van der Waals surface area contributed by atoms with E-state index in [0.29, 0.717) is 29.8 Å². The molecule has 1 aromatic carbocycles. The second-order valence-electron chi connectivity index (χ2n) is 10.8. The van der Waals surface area contributed by atoms with E-state index in [0.717, 1.165) is 36.1 Å². The summed E-state index contributed by atoms with van der Waals surface area (Å²) >= 11 is 1.46. The highest BCUT2D eigenvalue weighted by Gasteiger charge is 2.33. The first kappa shape index (κ1) is 30.8. The quantitative estimate of drug-likeness (QED) is 0.257. The predicted octanol–water partition coefficient (Wildman–Crippen LogP) is 6.64. The molecule has 0 bridgehead atoms. The number of fused-ring (bicyclic) bond motifs is 1. The number of alkyl halides is 3. The van der Waals surface area contributed by atoms with Gasteiger partial charge in [0.15, 0.2) is 4.96 Å². The Kier molecular flexibility index (Phi) is 9.55. The summed E-state index contributed by atoms with van der Waals surface area (Å²) in [5.74, 6) is -0.543. The summed E-state index contributed by atoms with van der Waals surface area (Å²) in [7, 11) is 1.45. The number of hydrogen-bond donors (Lipinski definition) is 1. The molecule has 1 amide bonds. The Balaban J connectivity index is 1.16. The summed E-state index contributed by atoms with van der Waals surface area (Å²) < 4.78 is 54.1. The number of methoxy groups -OCH3 is 1. The van der Waals surface area contributed by atoms with Crippen LogP contribution in [0.15, 0.2) is 60.6 Å². The largest absolute Gasteiger partial charge is 0.573 e. The zero-order chi connectivity index (χ0) is 30.6. The molecule has 230 valence electrons. The standard InChI is InChI=1S/C31H34F3N3O5S/c1-3-41-28(38)14-19-4-6-20(7-5-19)21-8-10-22(11-9-21)27-18-37-17-25(36-30(37)43-27)29(39)35-16-23-15-24(42-31(32,33)34)12-13-26(23)40-2/h8-13,15,17-20,23,26H,3-7,14,16H2,1-2H3,(H,35,39)/t19-,20-,23?,26?. The second-order valence-corrected chi connectivity index (χ2v) is 11.8. The minimum absolute atomic E-state index is 0.0439. The molecule has 0 aliphatic heterocycles. The third-order valence-electron chi connectivity index (χ3n) is 7.92. The van der Waals surface area contributed by atoms with Gasteiger partial charge in [0.25, 0.3) is 5.91 Å². The summed E-state index contributed by atoms with van der Waals surface area (Å²) in [5, 5.41) is 2.74. The third kappa shape index (κ3) is 7.85. The van der Waals surface area contributed by atoms with Crippen LogP contribution in [-0.2, 0) is 19.0 Å². The number of rotatable bonds is 10. The fraction of sp³-hybridized carbons (Fsp3) is 0.452. The molecule has 3 aromatic rings. The fourth-order valence-electron chi connectivity index (χ4n) is 5.74. The Morgan fingerprint density at radius 2 is 1.86 bits per heavy atom. The minimum atomic E-state index is -4.81. The van der Waals surface area contributed by atoms with Crippen molar-refractivity contribution in [1.29, 1.82) is 0 Å². The fourth-order valence-corrected chi connectivity index (χ4v) is 6.71. The molecule has 12 heteroatoms. The van der Waals surface area contributed by atoms with Gasteiger partial charge in [-0.15, -0.1) is 13.2 Å². The van der Waals surface area contributed by atoms with Crippen molar-refractivity contribution in [3.05, 3.63) is 71.9 Å². The Labute approximate surface area is 251 Å². The van der Waals surface area contributed by atoms with Crippen LogP contribution in [0.3, 0.4) is 0 Å². The Morgan fingerprint density at radius 3 is 2.51 bits per heavy atom. The van der Waals surface area contributed by atoms with Gasteiger partial charge in [-0.05, 0) is 67.7 Å². The summed E-state index contributed by atoms with van der Waals surface area (Å²) in [4.78, 5) is 30.7. The topological polar surface area (TPSA) is 91.2 Å². The van der Waals surface area contributed by atoms with Crippen LogP contribution in [0.1, 0.15) is 61.0 Å². The molecule has 1 N–H and O–H groups in total. The number of benzene rings is 1. The molecular formula is C31H34F3N3O5S. The average Bonchev–Trinajstić information content (AvgIpc) is 3.56. The van der Waals surface area contributed by atoms with Gasteiger partial charge < -0.3 is 19.5 Å². The Bertz CT molecular complexity index is 1450. The lowest BCUT2D eigenvalue weighted by Crippen LogP contribution is -2.35. The van der Waals surface area contributed by atoms with Crippen LogP contribution in [0.25, 0.3) is 15.4 Å². The van der Waals surface area contributed by atoms with Crippen molar-refractivity contribution in [2.45, 2.75) is 57.4 Å². The monoisotopic (exact) mass is 617 g/mol. The number of carbonyl (C=O) groups is 2. The van der Waals surface area contributed by atoms with Crippen molar-refractivity contribution < 1.29 is 37.0 Å². The Morgan fingerprint density at radius 1 is 1.12 bits per heavy atom. The van der Waals surface area contributed by atoms with E-state index >= 15 is 0 Å². The lowest BCUT2D eigenvalue weighted by molar-refractivity contribution is -0.303. The number of nitrogens with one attached hydrogen (secondary N) is 1. The smallest absolute Gasteiger partial charge is 0.466 e. The SMILES string of the molecule is CCOC(=O)C[C@H]1CC[C@H](c2ccc(-c3cn4cc(C(=O)NCC5C=C(OC(F)(F)F)C=CC5OC)nc4s3)cc2)CC1. The predicted molar refractivity (Wildman–Crippen MR) is 155 cm³/mol. The number of amides is 1. The van der Waals surface area contributed by atoms with Gasteiger partial charge in [-0.3, -0.25) is 14.0 Å². The number of imidazole rings is 1. The van der Waals surface area contributed by atoms with Gasteiger partial charge in [-0.25, -0.2) is 4.98 Å². The first-order valence-electron chi connectivity index (χ1n) is 14.3. The van der Waals surface area contributed by atoms with Crippen LogP contribution in [0.5, 0.6) is 0 Å². The molecule has 43 heavy (non-hydrogen) atoms. The summed E-state index contributed by atoms with van der Waals surface area (Å²) in [6.45, 7) is 2.30. The van der Waals surface area contributed by atoms with Gasteiger partial charge in [0.1, 0.15) is 11.5 Å². The number of carbonyl (C=O) groups excluding carboxylic acids is 2. The van der Waals surface area contributed by atoms with Crippen LogP contribution < -0.4 is 5.32 Å². The van der Waals surface area contributed by atoms with Crippen molar-refractivity contribution in [1.82, 2.24) is 14.7 Å². The van der Waals surface area contributed by atoms with Gasteiger partial charge >= 0.3 is 12.3 Å². The van der Waals surface area contributed by atoms with E-state index in [1.165, 1.54) is 42.2 Å². The summed E-state index contributed by atoms with van der Waals surface area (Å²) in [6, 6.07) is 8.54. The van der Waals surface area contributed by atoms with Crippen molar-refractivity contribution in [3.63, 3.8) is 0 Å². The van der Waals surface area contributed by atoms with Crippen LogP contribution in [0, 0.1) is 11.8 Å². The van der Waals surface area contributed by atoms with Gasteiger partial charge in [-0.1, -0.05) is 41.7 Å². The van der Waals surface area contributed by atoms with Crippen LogP contribution >= 0.6 is 11.3 Å². The molecule has 1 fully saturated rings. The van der Waals surface area contributed by atoms with Crippen LogP contribution in [-0.4, -0.2) is 54.0 Å². The molecule has 2 aliphatic rings. The lowest BCUT2D eigenvalue weighted by atomic mass is 9.77. The minimum Gasteiger partial charge on any atom is -0.466 e. The first-order valence-corrected chi connectivity index (χ1v) is 15.1. The molecule has 0 spiro atoms. The molecule has 2 atom stereocenters. The van der Waals surface area contributed by atoms with Gasteiger partial charge in [0.2, 0.25) is 0 Å².